The van der Waals surface area contributed by atoms with Gasteiger partial charge in [0, 0.05) is 19.3 Å². The van der Waals surface area contributed by atoms with Crippen molar-refractivity contribution < 1.29 is 9.21 Å². The van der Waals surface area contributed by atoms with E-state index < -0.39 is 0 Å². The van der Waals surface area contributed by atoms with Crippen molar-refractivity contribution >= 4 is 17.5 Å². The highest BCUT2D eigenvalue weighted by molar-refractivity contribution is 6.17. The van der Waals surface area contributed by atoms with Crippen molar-refractivity contribution in [2.45, 2.75) is 34.1 Å². The van der Waals surface area contributed by atoms with Crippen LogP contribution in [0.4, 0.5) is 0 Å². The van der Waals surface area contributed by atoms with Gasteiger partial charge in [-0.2, -0.15) is 0 Å². The Kier molecular flexibility index (Phi) is 4.57. The van der Waals surface area contributed by atoms with Crippen molar-refractivity contribution in [3.63, 3.8) is 0 Å². The standard InChI is InChI=1S/C12H19ClN2O2/c1-8-10(17-9(2)15-8)11(16)14-7-12(3,4)5-6-13/h5-7H2,1-4H3,(H,14,16). The lowest BCUT2D eigenvalue weighted by Gasteiger charge is -2.23. The summed E-state index contributed by atoms with van der Waals surface area (Å²) < 4.78 is 5.25. The fourth-order valence-electron chi connectivity index (χ4n) is 1.49. The van der Waals surface area contributed by atoms with Crippen LogP contribution in [0.2, 0.25) is 0 Å². The van der Waals surface area contributed by atoms with Crippen molar-refractivity contribution in [1.29, 1.82) is 0 Å². The van der Waals surface area contributed by atoms with Gasteiger partial charge in [-0.3, -0.25) is 4.79 Å². The van der Waals surface area contributed by atoms with E-state index in [9.17, 15) is 4.79 Å². The van der Waals surface area contributed by atoms with Gasteiger partial charge in [0.25, 0.3) is 5.91 Å². The minimum atomic E-state index is -0.217. The van der Waals surface area contributed by atoms with E-state index in [-0.39, 0.29) is 11.3 Å². The Morgan fingerprint density at radius 2 is 2.12 bits per heavy atom. The van der Waals surface area contributed by atoms with Crippen molar-refractivity contribution in [2.24, 2.45) is 5.41 Å². The van der Waals surface area contributed by atoms with Gasteiger partial charge in [0.2, 0.25) is 5.76 Å². The van der Waals surface area contributed by atoms with Gasteiger partial charge in [-0.1, -0.05) is 13.8 Å². The second-order valence-corrected chi connectivity index (χ2v) is 5.31. The number of nitrogens with one attached hydrogen (secondary N) is 1. The smallest absolute Gasteiger partial charge is 0.289 e. The summed E-state index contributed by atoms with van der Waals surface area (Å²) in [7, 11) is 0. The van der Waals surface area contributed by atoms with E-state index in [0.717, 1.165) is 6.42 Å². The van der Waals surface area contributed by atoms with Gasteiger partial charge in [-0.05, 0) is 18.8 Å². The molecule has 0 aromatic carbocycles. The summed E-state index contributed by atoms with van der Waals surface area (Å²) in [5.74, 6) is 1.17. The lowest BCUT2D eigenvalue weighted by molar-refractivity contribution is 0.0906. The number of hydrogen-bond donors (Lipinski definition) is 1. The van der Waals surface area contributed by atoms with Crippen LogP contribution < -0.4 is 5.32 Å². The first kappa shape index (κ1) is 14.0. The normalized spacial score (nSPS) is 11.6. The molecular weight excluding hydrogens is 240 g/mol. The summed E-state index contributed by atoms with van der Waals surface area (Å²) >= 11 is 5.71. The SMILES string of the molecule is Cc1nc(C)c(C(=O)NCC(C)(C)CCCl)o1. The third-order valence-electron chi connectivity index (χ3n) is 2.61. The second kappa shape index (κ2) is 5.54. The zero-order valence-electron chi connectivity index (χ0n) is 10.8. The maximum absolute atomic E-state index is 11.9. The average Bonchev–Trinajstić information content (AvgIpc) is 2.54. The average molecular weight is 259 g/mol. The zero-order chi connectivity index (χ0) is 13.1. The van der Waals surface area contributed by atoms with E-state index in [1.54, 1.807) is 13.8 Å². The fourth-order valence-corrected chi connectivity index (χ4v) is 2.00. The van der Waals surface area contributed by atoms with Crippen LogP contribution in [0.3, 0.4) is 0 Å². The third kappa shape index (κ3) is 4.04. The number of nitrogens with zero attached hydrogens (tertiary/aromatic N) is 1. The van der Waals surface area contributed by atoms with E-state index in [1.165, 1.54) is 0 Å². The van der Waals surface area contributed by atoms with Crippen LogP contribution in [0.25, 0.3) is 0 Å². The number of oxazole rings is 1. The van der Waals surface area contributed by atoms with E-state index in [2.05, 4.69) is 24.1 Å². The summed E-state index contributed by atoms with van der Waals surface area (Å²) in [5.41, 5.74) is 0.607. The number of hydrogen-bond acceptors (Lipinski definition) is 3. The number of rotatable bonds is 5. The monoisotopic (exact) mass is 258 g/mol. The van der Waals surface area contributed by atoms with Gasteiger partial charge in [-0.25, -0.2) is 4.98 Å². The number of alkyl halides is 1. The Hall–Kier alpha value is -1.03. The molecule has 0 atom stereocenters. The summed E-state index contributed by atoms with van der Waals surface area (Å²) in [6.45, 7) is 8.18. The molecule has 1 aromatic rings. The van der Waals surface area contributed by atoms with Crippen LogP contribution in [-0.2, 0) is 0 Å². The predicted octanol–water partition coefficient (Wildman–Crippen LogP) is 2.68. The van der Waals surface area contributed by atoms with E-state index in [0.29, 0.717) is 29.8 Å². The molecule has 0 spiro atoms. The van der Waals surface area contributed by atoms with Crippen molar-refractivity contribution in [3.05, 3.63) is 17.3 Å². The highest BCUT2D eigenvalue weighted by Gasteiger charge is 2.21. The maximum atomic E-state index is 11.9. The molecule has 0 aliphatic rings. The molecule has 0 fully saturated rings. The van der Waals surface area contributed by atoms with Crippen LogP contribution >= 0.6 is 11.6 Å². The summed E-state index contributed by atoms with van der Waals surface area (Å²) in [6.07, 6.45) is 0.850. The molecule has 0 bridgehead atoms. The van der Waals surface area contributed by atoms with Crippen LogP contribution in [0.1, 0.15) is 42.4 Å². The van der Waals surface area contributed by atoms with Crippen LogP contribution in [-0.4, -0.2) is 23.3 Å². The minimum absolute atomic E-state index is 0.0135. The number of halogens is 1. The largest absolute Gasteiger partial charge is 0.436 e. The molecule has 0 unspecified atom stereocenters. The molecule has 4 nitrogen and oxygen atoms in total. The molecule has 1 rings (SSSR count). The van der Waals surface area contributed by atoms with Gasteiger partial charge in [0.05, 0.1) is 5.69 Å². The third-order valence-corrected chi connectivity index (χ3v) is 2.80. The molecule has 0 saturated carbocycles. The molecule has 0 aliphatic carbocycles. The van der Waals surface area contributed by atoms with Crippen LogP contribution in [0.5, 0.6) is 0 Å². The molecular formula is C12H19ClN2O2. The number of aryl methyl sites for hydroxylation is 2. The summed E-state index contributed by atoms with van der Waals surface area (Å²) in [4.78, 5) is 15.9. The first-order valence-corrected chi connectivity index (χ1v) is 6.17. The Labute approximate surface area is 107 Å². The van der Waals surface area contributed by atoms with Crippen molar-refractivity contribution in [3.8, 4) is 0 Å². The van der Waals surface area contributed by atoms with E-state index in [1.807, 2.05) is 0 Å². The Bertz CT molecular complexity index is 399. The Morgan fingerprint density at radius 1 is 1.47 bits per heavy atom. The predicted molar refractivity (Wildman–Crippen MR) is 67.4 cm³/mol. The van der Waals surface area contributed by atoms with Crippen molar-refractivity contribution in [2.75, 3.05) is 12.4 Å². The maximum Gasteiger partial charge on any atom is 0.289 e. The number of carbonyl (C=O) groups excluding carboxylic acids is 1. The molecule has 1 N–H and O–H groups in total. The lowest BCUT2D eigenvalue weighted by Crippen LogP contribution is -2.34. The molecule has 0 radical (unpaired) electrons. The fraction of sp³-hybridized carbons (Fsp3) is 0.667. The zero-order valence-corrected chi connectivity index (χ0v) is 11.5. The molecule has 1 aromatic heterocycles. The first-order chi connectivity index (χ1) is 7.85. The molecule has 96 valence electrons. The topological polar surface area (TPSA) is 55.1 Å². The molecule has 1 amide bonds. The van der Waals surface area contributed by atoms with E-state index >= 15 is 0 Å². The number of carbonyl (C=O) groups is 1. The summed E-state index contributed by atoms with van der Waals surface area (Å²) in [5, 5.41) is 2.85. The van der Waals surface area contributed by atoms with Crippen LogP contribution in [0.15, 0.2) is 4.42 Å². The Morgan fingerprint density at radius 3 is 2.59 bits per heavy atom. The van der Waals surface area contributed by atoms with Gasteiger partial charge in [-0.15, -0.1) is 11.6 Å². The highest BCUT2D eigenvalue weighted by Crippen LogP contribution is 2.20. The Balaban J connectivity index is 2.59. The minimum Gasteiger partial charge on any atom is -0.436 e. The van der Waals surface area contributed by atoms with E-state index in [4.69, 9.17) is 16.0 Å². The van der Waals surface area contributed by atoms with Crippen molar-refractivity contribution in [1.82, 2.24) is 10.3 Å². The molecule has 17 heavy (non-hydrogen) atoms. The van der Waals surface area contributed by atoms with Gasteiger partial charge < -0.3 is 9.73 Å². The number of amides is 1. The molecule has 1 heterocycles. The molecule has 0 aliphatic heterocycles. The van der Waals surface area contributed by atoms with Gasteiger partial charge in [0.15, 0.2) is 5.89 Å². The quantitative estimate of drug-likeness (QED) is 0.826. The van der Waals surface area contributed by atoms with Crippen LogP contribution in [0, 0.1) is 19.3 Å². The molecule has 5 heteroatoms. The summed E-state index contributed by atoms with van der Waals surface area (Å²) in [6, 6.07) is 0. The van der Waals surface area contributed by atoms with Gasteiger partial charge >= 0.3 is 0 Å². The second-order valence-electron chi connectivity index (χ2n) is 4.93. The van der Waals surface area contributed by atoms with Gasteiger partial charge in [0.1, 0.15) is 0 Å². The first-order valence-electron chi connectivity index (χ1n) is 5.64. The molecule has 0 saturated heterocycles. The lowest BCUT2D eigenvalue weighted by atomic mass is 9.90. The number of aromatic nitrogens is 1. The highest BCUT2D eigenvalue weighted by atomic mass is 35.5.